The van der Waals surface area contributed by atoms with Crippen molar-refractivity contribution in [3.63, 3.8) is 0 Å². The van der Waals surface area contributed by atoms with Gasteiger partial charge in [-0.15, -0.1) is 0 Å². The Balaban J connectivity index is 1.51. The summed E-state index contributed by atoms with van der Waals surface area (Å²) in [5.41, 5.74) is 3.27. The molecular formula is C40H58O5Si2. The number of fused-ring (bicyclic) bond motifs is 2. The Labute approximate surface area is 286 Å². The molecule has 2 heterocycles. The van der Waals surface area contributed by atoms with E-state index < -0.39 is 34.6 Å². The van der Waals surface area contributed by atoms with Crippen LogP contribution in [-0.2, 0) is 30.5 Å². The maximum absolute atomic E-state index is 12.3. The highest BCUT2D eigenvalue weighted by molar-refractivity contribution is 6.99. The predicted molar refractivity (Wildman–Crippen MR) is 197 cm³/mol. The van der Waals surface area contributed by atoms with Crippen molar-refractivity contribution in [1.82, 2.24) is 0 Å². The largest absolute Gasteiger partial charge is 0.410 e. The zero-order valence-corrected chi connectivity index (χ0v) is 32.2. The fraction of sp³-hybridized carbons (Fsp3) is 0.550. The molecule has 1 fully saturated rings. The summed E-state index contributed by atoms with van der Waals surface area (Å²) >= 11 is 0. The van der Waals surface area contributed by atoms with Gasteiger partial charge in [0, 0.05) is 18.6 Å². The first-order valence-corrected chi connectivity index (χ1v) is 21.9. The molecule has 2 aliphatic heterocycles. The second-order valence-corrected chi connectivity index (χ2v) is 25.3. The van der Waals surface area contributed by atoms with E-state index in [-0.39, 0.29) is 11.1 Å². The summed E-state index contributed by atoms with van der Waals surface area (Å²) < 4.78 is 28.3. The summed E-state index contributed by atoms with van der Waals surface area (Å²) in [6.45, 7) is 21.8. The van der Waals surface area contributed by atoms with Gasteiger partial charge in [-0.25, -0.2) is 0 Å². The molecule has 4 atom stereocenters. The van der Waals surface area contributed by atoms with E-state index in [4.69, 9.17) is 18.3 Å². The van der Waals surface area contributed by atoms with Crippen LogP contribution in [0.25, 0.3) is 0 Å². The van der Waals surface area contributed by atoms with Crippen LogP contribution in [0.1, 0.15) is 86.3 Å². The number of rotatable bonds is 11. The number of hydrogen-bond donors (Lipinski definition) is 1. The molecule has 0 saturated carbocycles. The zero-order chi connectivity index (χ0) is 34.0. The van der Waals surface area contributed by atoms with Crippen LogP contribution in [0.4, 0.5) is 0 Å². The predicted octanol–water partition coefficient (Wildman–Crippen LogP) is 8.09. The lowest BCUT2D eigenvalue weighted by Crippen LogP contribution is -2.67. The van der Waals surface area contributed by atoms with Crippen LogP contribution in [0.15, 0.2) is 84.9 Å². The molecule has 0 radical (unpaired) electrons. The fourth-order valence-corrected chi connectivity index (χ4v) is 19.0. The van der Waals surface area contributed by atoms with Gasteiger partial charge < -0.3 is 23.4 Å². The van der Waals surface area contributed by atoms with Gasteiger partial charge in [-0.2, -0.15) is 0 Å². The highest BCUT2D eigenvalue weighted by Crippen LogP contribution is 2.49. The third-order valence-electron chi connectivity index (χ3n) is 10.9. The first-order chi connectivity index (χ1) is 22.3. The number of ether oxygens (including phenoxy) is 2. The molecule has 0 unspecified atom stereocenters. The van der Waals surface area contributed by atoms with Gasteiger partial charge in [0.25, 0.3) is 8.32 Å². The van der Waals surface area contributed by atoms with Gasteiger partial charge in [0.1, 0.15) is 6.10 Å². The Morgan fingerprint density at radius 2 is 1.34 bits per heavy atom. The fourth-order valence-electron chi connectivity index (χ4n) is 8.87. The topological polar surface area (TPSA) is 57.2 Å². The van der Waals surface area contributed by atoms with Gasteiger partial charge in [0.05, 0.1) is 18.8 Å². The van der Waals surface area contributed by atoms with Crippen LogP contribution in [0.3, 0.4) is 0 Å². The third kappa shape index (κ3) is 6.62. The minimum Gasteiger partial charge on any atom is -0.410 e. The van der Waals surface area contributed by atoms with Crippen molar-refractivity contribution in [2.75, 3.05) is 13.2 Å². The van der Waals surface area contributed by atoms with E-state index in [2.05, 4.69) is 141 Å². The van der Waals surface area contributed by atoms with Gasteiger partial charge in [-0.3, -0.25) is 0 Å². The molecular weight excluding hydrogens is 617 g/mol. The van der Waals surface area contributed by atoms with E-state index in [1.54, 1.807) is 0 Å². The highest BCUT2D eigenvalue weighted by Gasteiger charge is 2.58. The molecule has 0 aliphatic carbocycles. The molecule has 5 nitrogen and oxygen atoms in total. The van der Waals surface area contributed by atoms with Gasteiger partial charge in [0.15, 0.2) is 0 Å². The Bertz CT molecular complexity index is 1380. The molecule has 2 aliphatic rings. The minimum atomic E-state index is -2.71. The SMILES string of the molecule is CC(C)[Si](O[C@H]1C[C@@H](CCO[Si](c2ccccc2)(c2ccccc2)C(C)(C)C)O[C@@]2(OCCc3ccccc32)[C@@H]1O)(C(C)C)C(C)C. The third-order valence-corrected chi connectivity index (χ3v) is 22.1. The number of aliphatic hydroxyl groups excluding tert-OH is 1. The molecule has 0 aromatic heterocycles. The average molecular weight is 675 g/mol. The average Bonchev–Trinajstić information content (AvgIpc) is 3.04. The molecule has 1 saturated heterocycles. The van der Waals surface area contributed by atoms with Gasteiger partial charge in [0.2, 0.25) is 14.1 Å². The number of hydrogen-bond acceptors (Lipinski definition) is 5. The molecule has 3 aromatic carbocycles. The molecule has 7 heteroatoms. The summed E-state index contributed by atoms with van der Waals surface area (Å²) in [6, 6.07) is 29.9. The van der Waals surface area contributed by atoms with Crippen LogP contribution in [-0.4, -0.2) is 53.3 Å². The molecule has 0 bridgehead atoms. The van der Waals surface area contributed by atoms with Gasteiger partial charge >= 0.3 is 0 Å². The van der Waals surface area contributed by atoms with Crippen molar-refractivity contribution in [1.29, 1.82) is 0 Å². The molecule has 0 amide bonds. The monoisotopic (exact) mass is 674 g/mol. The van der Waals surface area contributed by atoms with E-state index in [1.165, 1.54) is 15.9 Å². The van der Waals surface area contributed by atoms with E-state index in [1.807, 2.05) is 6.07 Å². The van der Waals surface area contributed by atoms with Crippen molar-refractivity contribution in [2.45, 2.75) is 127 Å². The van der Waals surface area contributed by atoms with Crippen molar-refractivity contribution in [3.05, 3.63) is 96.1 Å². The van der Waals surface area contributed by atoms with Crippen molar-refractivity contribution >= 4 is 27.0 Å². The molecule has 1 spiro atoms. The molecule has 47 heavy (non-hydrogen) atoms. The molecule has 3 aromatic rings. The van der Waals surface area contributed by atoms with Crippen LogP contribution >= 0.6 is 0 Å². The smallest absolute Gasteiger partial charge is 0.261 e. The highest BCUT2D eigenvalue weighted by atomic mass is 28.4. The van der Waals surface area contributed by atoms with Crippen molar-refractivity contribution < 1.29 is 23.4 Å². The van der Waals surface area contributed by atoms with Crippen LogP contribution in [0, 0.1) is 0 Å². The van der Waals surface area contributed by atoms with Crippen LogP contribution < -0.4 is 10.4 Å². The summed E-state index contributed by atoms with van der Waals surface area (Å²) in [5.74, 6) is -1.27. The quantitative estimate of drug-likeness (QED) is 0.209. The van der Waals surface area contributed by atoms with Crippen LogP contribution in [0.5, 0.6) is 0 Å². The first-order valence-electron chi connectivity index (χ1n) is 17.8. The normalized spacial score (nSPS) is 23.9. The maximum atomic E-state index is 12.3. The van der Waals surface area contributed by atoms with Crippen LogP contribution in [0.2, 0.25) is 21.7 Å². The minimum absolute atomic E-state index is 0.116. The molecule has 256 valence electrons. The lowest BCUT2D eigenvalue weighted by molar-refractivity contribution is -0.353. The Morgan fingerprint density at radius 1 is 0.809 bits per heavy atom. The summed E-state index contributed by atoms with van der Waals surface area (Å²) in [5, 5.41) is 14.7. The Morgan fingerprint density at radius 3 is 1.87 bits per heavy atom. The number of aliphatic hydroxyl groups is 1. The Hall–Kier alpha value is -2.11. The second-order valence-electron chi connectivity index (χ2n) is 15.6. The Kier molecular flexibility index (Phi) is 11.1. The van der Waals surface area contributed by atoms with E-state index in [9.17, 15) is 5.11 Å². The van der Waals surface area contributed by atoms with Gasteiger partial charge in [-0.05, 0) is 50.4 Å². The van der Waals surface area contributed by atoms with Crippen molar-refractivity contribution in [2.24, 2.45) is 0 Å². The zero-order valence-electron chi connectivity index (χ0n) is 30.2. The van der Waals surface area contributed by atoms with E-state index in [0.717, 1.165) is 12.0 Å². The molecule has 5 rings (SSSR count). The lowest BCUT2D eigenvalue weighted by atomic mass is 9.84. The first kappa shape index (κ1) is 36.2. The summed E-state index contributed by atoms with van der Waals surface area (Å²) in [4.78, 5) is 0. The van der Waals surface area contributed by atoms with Gasteiger partial charge in [-0.1, -0.05) is 147 Å². The maximum Gasteiger partial charge on any atom is 0.261 e. The summed E-state index contributed by atoms with van der Waals surface area (Å²) in [7, 11) is -5.04. The van der Waals surface area contributed by atoms with E-state index >= 15 is 0 Å². The molecule has 1 N–H and O–H groups in total. The lowest BCUT2D eigenvalue weighted by Gasteiger charge is -2.53. The summed E-state index contributed by atoms with van der Waals surface area (Å²) in [6.07, 6.45) is 0.492. The van der Waals surface area contributed by atoms with Crippen molar-refractivity contribution in [3.8, 4) is 0 Å². The van der Waals surface area contributed by atoms with E-state index in [0.29, 0.717) is 42.7 Å². The number of benzene rings is 3. The standard InChI is InChI=1S/C40H58O5Si2/c1-29(2)46(30(3)4,31(5)6)45-37-28-33(44-40(38(37)41)36-23-17-16-18-32(36)24-26-42-40)25-27-43-47(39(7,8)9,34-19-12-10-13-20-34)35-21-14-11-15-22-35/h10-23,29-31,33,37-38,41H,24-28H2,1-9H3/t33-,37+,38-,40-/m1/s1. The second kappa shape index (κ2) is 14.4.